The monoisotopic (exact) mass is 265 g/mol. The summed E-state index contributed by atoms with van der Waals surface area (Å²) in [6, 6.07) is 0.720. The second-order valence-corrected chi connectivity index (χ2v) is 7.96. The molecule has 3 rings (SSSR count). The Labute approximate surface area is 118 Å². The lowest BCUT2D eigenvalue weighted by atomic mass is 9.73. The van der Waals surface area contributed by atoms with E-state index in [1.807, 2.05) is 0 Å². The van der Waals surface area contributed by atoms with E-state index in [1.54, 1.807) is 0 Å². The minimum atomic E-state index is 0.259. The first kappa shape index (κ1) is 13.9. The zero-order chi connectivity index (χ0) is 13.5. The molecule has 3 unspecified atom stereocenters. The van der Waals surface area contributed by atoms with Gasteiger partial charge in [0, 0.05) is 12.6 Å². The Balaban J connectivity index is 1.67. The number of ether oxygens (including phenoxy) is 1. The molecule has 1 spiro atoms. The summed E-state index contributed by atoms with van der Waals surface area (Å²) in [5, 5.41) is 3.66. The quantitative estimate of drug-likeness (QED) is 0.839. The van der Waals surface area contributed by atoms with Gasteiger partial charge >= 0.3 is 0 Å². The van der Waals surface area contributed by atoms with Crippen LogP contribution in [0.15, 0.2) is 0 Å². The highest BCUT2D eigenvalue weighted by atomic mass is 16.5. The first-order valence-corrected chi connectivity index (χ1v) is 8.38. The standard InChI is InChI=1S/C17H31NO/c1-16(2)12-14(16)15(18-3)13-7-10-19-17(11-13)8-5-4-6-9-17/h13-15,18H,4-12H2,1-3H3. The Morgan fingerprint density at radius 3 is 2.37 bits per heavy atom. The van der Waals surface area contributed by atoms with Gasteiger partial charge in [-0.25, -0.2) is 0 Å². The first-order chi connectivity index (χ1) is 9.06. The zero-order valence-electron chi connectivity index (χ0n) is 13.0. The van der Waals surface area contributed by atoms with Crippen molar-refractivity contribution in [2.45, 2.75) is 76.9 Å². The van der Waals surface area contributed by atoms with Crippen LogP contribution in [0.5, 0.6) is 0 Å². The van der Waals surface area contributed by atoms with E-state index in [2.05, 4.69) is 26.2 Å². The number of nitrogens with one attached hydrogen (secondary N) is 1. The highest BCUT2D eigenvalue weighted by Crippen LogP contribution is 2.56. The molecular formula is C17H31NO. The molecule has 0 aromatic heterocycles. The molecule has 0 radical (unpaired) electrons. The predicted octanol–water partition coefficient (Wildman–Crippen LogP) is 3.75. The van der Waals surface area contributed by atoms with Gasteiger partial charge in [-0.05, 0) is 56.4 Å². The van der Waals surface area contributed by atoms with E-state index in [4.69, 9.17) is 4.74 Å². The van der Waals surface area contributed by atoms with Crippen LogP contribution in [0.3, 0.4) is 0 Å². The van der Waals surface area contributed by atoms with Gasteiger partial charge in [-0.3, -0.25) is 0 Å². The van der Waals surface area contributed by atoms with Gasteiger partial charge in [0.2, 0.25) is 0 Å². The molecule has 0 aromatic rings. The molecule has 2 heteroatoms. The molecule has 1 aliphatic heterocycles. The van der Waals surface area contributed by atoms with E-state index in [-0.39, 0.29) is 5.60 Å². The first-order valence-electron chi connectivity index (χ1n) is 8.38. The third kappa shape index (κ3) is 2.71. The fourth-order valence-electron chi connectivity index (χ4n) is 4.80. The van der Waals surface area contributed by atoms with Gasteiger partial charge in [0.15, 0.2) is 0 Å². The van der Waals surface area contributed by atoms with Gasteiger partial charge in [0.05, 0.1) is 5.60 Å². The van der Waals surface area contributed by atoms with Crippen LogP contribution in [-0.4, -0.2) is 25.3 Å². The maximum atomic E-state index is 6.26. The largest absolute Gasteiger partial charge is 0.375 e. The van der Waals surface area contributed by atoms with Crippen LogP contribution in [0.1, 0.15) is 65.2 Å². The van der Waals surface area contributed by atoms with E-state index >= 15 is 0 Å². The number of hydrogen-bond acceptors (Lipinski definition) is 2. The molecule has 2 nitrogen and oxygen atoms in total. The molecule has 1 saturated heterocycles. The maximum Gasteiger partial charge on any atom is 0.0685 e. The van der Waals surface area contributed by atoms with Crippen LogP contribution in [0, 0.1) is 17.3 Å². The fraction of sp³-hybridized carbons (Fsp3) is 1.00. The highest BCUT2D eigenvalue weighted by molar-refractivity contribution is 5.05. The van der Waals surface area contributed by atoms with Crippen molar-refractivity contribution in [3.63, 3.8) is 0 Å². The van der Waals surface area contributed by atoms with Gasteiger partial charge in [0.1, 0.15) is 0 Å². The van der Waals surface area contributed by atoms with E-state index in [1.165, 1.54) is 51.4 Å². The van der Waals surface area contributed by atoms with Crippen LogP contribution in [-0.2, 0) is 4.74 Å². The van der Waals surface area contributed by atoms with Crippen molar-refractivity contribution in [3.05, 3.63) is 0 Å². The minimum absolute atomic E-state index is 0.259. The maximum absolute atomic E-state index is 6.26. The van der Waals surface area contributed by atoms with Crippen molar-refractivity contribution in [2.24, 2.45) is 17.3 Å². The Bertz CT molecular complexity index is 314. The molecule has 3 aliphatic rings. The second kappa shape index (κ2) is 5.04. The Morgan fingerprint density at radius 2 is 1.79 bits per heavy atom. The SMILES string of the molecule is CNC(C1CCOC2(CCCCC2)C1)C1CC1(C)C. The fourth-order valence-corrected chi connectivity index (χ4v) is 4.80. The third-order valence-corrected chi connectivity index (χ3v) is 6.16. The summed E-state index contributed by atoms with van der Waals surface area (Å²) < 4.78 is 6.26. The normalized spacial score (nSPS) is 38.1. The summed E-state index contributed by atoms with van der Waals surface area (Å²) >= 11 is 0. The molecular weight excluding hydrogens is 234 g/mol. The topological polar surface area (TPSA) is 21.3 Å². The van der Waals surface area contributed by atoms with Crippen molar-refractivity contribution in [1.82, 2.24) is 5.32 Å². The van der Waals surface area contributed by atoms with Crippen molar-refractivity contribution in [2.75, 3.05) is 13.7 Å². The van der Waals surface area contributed by atoms with Crippen molar-refractivity contribution >= 4 is 0 Å². The summed E-state index contributed by atoms with van der Waals surface area (Å²) in [5.41, 5.74) is 0.834. The summed E-state index contributed by atoms with van der Waals surface area (Å²) in [4.78, 5) is 0. The molecule has 0 amide bonds. The Hall–Kier alpha value is -0.0800. The van der Waals surface area contributed by atoms with Gasteiger partial charge in [-0.15, -0.1) is 0 Å². The molecule has 3 atom stereocenters. The predicted molar refractivity (Wildman–Crippen MR) is 79.2 cm³/mol. The van der Waals surface area contributed by atoms with E-state index in [0.717, 1.165) is 24.5 Å². The molecule has 1 N–H and O–H groups in total. The third-order valence-electron chi connectivity index (χ3n) is 6.16. The summed E-state index contributed by atoms with van der Waals surface area (Å²) in [5.74, 6) is 1.73. The van der Waals surface area contributed by atoms with Crippen LogP contribution in [0.25, 0.3) is 0 Å². The van der Waals surface area contributed by atoms with E-state index < -0.39 is 0 Å². The zero-order valence-corrected chi connectivity index (χ0v) is 13.0. The number of rotatable bonds is 3. The van der Waals surface area contributed by atoms with E-state index in [0.29, 0.717) is 5.41 Å². The van der Waals surface area contributed by atoms with Crippen molar-refractivity contribution in [3.8, 4) is 0 Å². The van der Waals surface area contributed by atoms with Crippen LogP contribution >= 0.6 is 0 Å². The molecule has 0 aromatic carbocycles. The van der Waals surface area contributed by atoms with Crippen molar-refractivity contribution in [1.29, 1.82) is 0 Å². The highest BCUT2D eigenvalue weighted by Gasteiger charge is 2.53. The minimum Gasteiger partial charge on any atom is -0.375 e. The van der Waals surface area contributed by atoms with Gasteiger partial charge in [-0.2, -0.15) is 0 Å². The molecule has 19 heavy (non-hydrogen) atoms. The van der Waals surface area contributed by atoms with Gasteiger partial charge in [0.25, 0.3) is 0 Å². The average Bonchev–Trinajstić information content (AvgIpc) is 3.00. The average molecular weight is 265 g/mol. The molecule has 2 aliphatic carbocycles. The molecule has 0 bridgehead atoms. The molecule has 2 saturated carbocycles. The lowest BCUT2D eigenvalue weighted by molar-refractivity contribution is -0.122. The summed E-state index contributed by atoms with van der Waals surface area (Å²) in [6.45, 7) is 5.85. The second-order valence-electron chi connectivity index (χ2n) is 7.96. The molecule has 3 fully saturated rings. The molecule has 110 valence electrons. The van der Waals surface area contributed by atoms with Crippen LogP contribution in [0.2, 0.25) is 0 Å². The van der Waals surface area contributed by atoms with Crippen LogP contribution < -0.4 is 5.32 Å². The summed E-state index contributed by atoms with van der Waals surface area (Å²) in [6.07, 6.45) is 10.8. The Morgan fingerprint density at radius 1 is 1.11 bits per heavy atom. The Kier molecular flexibility index (Phi) is 3.68. The van der Waals surface area contributed by atoms with Crippen molar-refractivity contribution < 1.29 is 4.74 Å². The van der Waals surface area contributed by atoms with Gasteiger partial charge in [-0.1, -0.05) is 33.1 Å². The van der Waals surface area contributed by atoms with Gasteiger partial charge < -0.3 is 10.1 Å². The van der Waals surface area contributed by atoms with E-state index in [9.17, 15) is 0 Å². The number of hydrogen-bond donors (Lipinski definition) is 1. The lowest BCUT2D eigenvalue weighted by Crippen LogP contribution is -2.48. The van der Waals surface area contributed by atoms with Crippen LogP contribution in [0.4, 0.5) is 0 Å². The molecule has 1 heterocycles. The lowest BCUT2D eigenvalue weighted by Gasteiger charge is -2.46. The summed E-state index contributed by atoms with van der Waals surface area (Å²) in [7, 11) is 2.17. The smallest absolute Gasteiger partial charge is 0.0685 e.